The van der Waals surface area contributed by atoms with E-state index < -0.39 is 0 Å². The Balaban J connectivity index is 2.57. The highest BCUT2D eigenvalue weighted by Gasteiger charge is 2.09. The van der Waals surface area contributed by atoms with Crippen molar-refractivity contribution in [2.45, 2.75) is 12.8 Å². The highest BCUT2D eigenvalue weighted by atomic mass is 35.5. The van der Waals surface area contributed by atoms with Gasteiger partial charge in [0.15, 0.2) is 5.82 Å². The summed E-state index contributed by atoms with van der Waals surface area (Å²) in [7, 11) is 0. The number of halogens is 1. The lowest BCUT2D eigenvalue weighted by molar-refractivity contribution is 0.475. The monoisotopic (exact) mass is 223 g/mol. The first-order valence-electron chi connectivity index (χ1n) is 4.48. The van der Waals surface area contributed by atoms with Crippen molar-refractivity contribution < 1.29 is 5.11 Å². The van der Waals surface area contributed by atoms with Crippen LogP contribution in [0.25, 0.3) is 5.69 Å². The van der Waals surface area contributed by atoms with E-state index in [4.69, 9.17) is 11.6 Å². The second-order valence-electron chi connectivity index (χ2n) is 3.15. The van der Waals surface area contributed by atoms with Crippen molar-refractivity contribution in [1.82, 2.24) is 14.8 Å². The third kappa shape index (κ3) is 1.80. The van der Waals surface area contributed by atoms with Crippen molar-refractivity contribution in [2.24, 2.45) is 0 Å². The van der Waals surface area contributed by atoms with Crippen LogP contribution in [0.5, 0.6) is 5.75 Å². The highest BCUT2D eigenvalue weighted by Crippen LogP contribution is 2.18. The van der Waals surface area contributed by atoms with E-state index in [2.05, 4.69) is 10.2 Å². The molecule has 15 heavy (non-hydrogen) atoms. The molecule has 0 aliphatic rings. The molecule has 0 saturated carbocycles. The van der Waals surface area contributed by atoms with Gasteiger partial charge in [0.1, 0.15) is 11.6 Å². The molecule has 0 aliphatic heterocycles. The summed E-state index contributed by atoms with van der Waals surface area (Å²) in [6.07, 6.45) is 0. The van der Waals surface area contributed by atoms with Crippen LogP contribution >= 0.6 is 11.6 Å². The third-order valence-electron chi connectivity index (χ3n) is 2.10. The Morgan fingerprint density at radius 1 is 1.40 bits per heavy atom. The fourth-order valence-corrected chi connectivity index (χ4v) is 1.63. The van der Waals surface area contributed by atoms with Gasteiger partial charge >= 0.3 is 0 Å². The minimum Gasteiger partial charge on any atom is -0.508 e. The molecule has 1 N–H and O–H groups in total. The number of aromatic nitrogens is 3. The first kappa shape index (κ1) is 9.98. The molecule has 0 aliphatic carbocycles. The van der Waals surface area contributed by atoms with Gasteiger partial charge in [-0.3, -0.25) is 4.57 Å². The zero-order chi connectivity index (χ0) is 10.8. The van der Waals surface area contributed by atoms with Gasteiger partial charge in [0.2, 0.25) is 0 Å². The predicted octanol–water partition coefficient (Wildman–Crippen LogP) is 2.02. The molecule has 2 rings (SSSR count). The molecular formula is C10H10ClN3O. The molecule has 0 unspecified atom stereocenters. The first-order valence-corrected chi connectivity index (χ1v) is 5.02. The zero-order valence-electron chi connectivity index (χ0n) is 8.18. The van der Waals surface area contributed by atoms with Crippen molar-refractivity contribution in [3.05, 3.63) is 35.9 Å². The van der Waals surface area contributed by atoms with Crippen LogP contribution in [-0.4, -0.2) is 19.9 Å². The molecule has 1 aromatic carbocycles. The lowest BCUT2D eigenvalue weighted by atomic mass is 10.3. The fraction of sp³-hybridized carbons (Fsp3) is 0.200. The van der Waals surface area contributed by atoms with Crippen LogP contribution in [0.4, 0.5) is 0 Å². The normalized spacial score (nSPS) is 10.5. The van der Waals surface area contributed by atoms with Crippen LogP contribution in [0.15, 0.2) is 24.3 Å². The maximum absolute atomic E-state index is 9.38. The summed E-state index contributed by atoms with van der Waals surface area (Å²) in [4.78, 5) is 0. The third-order valence-corrected chi connectivity index (χ3v) is 2.34. The number of benzene rings is 1. The fourth-order valence-electron chi connectivity index (χ4n) is 1.46. The number of aromatic hydroxyl groups is 1. The van der Waals surface area contributed by atoms with Crippen molar-refractivity contribution in [3.63, 3.8) is 0 Å². The smallest absolute Gasteiger partial charge is 0.152 e. The summed E-state index contributed by atoms with van der Waals surface area (Å²) in [5.74, 6) is 1.91. The number of phenols is 1. The standard InChI is InChI=1S/C10H10ClN3O/c1-7-12-13-10(6-11)14(7)8-3-2-4-9(15)5-8/h2-5,15H,6H2,1H3. The molecule has 0 bridgehead atoms. The number of aryl methyl sites for hydroxylation is 1. The Morgan fingerprint density at radius 3 is 2.87 bits per heavy atom. The van der Waals surface area contributed by atoms with E-state index in [1.807, 2.05) is 17.6 Å². The molecule has 0 atom stereocenters. The maximum Gasteiger partial charge on any atom is 0.152 e. The molecule has 2 aromatic rings. The highest BCUT2D eigenvalue weighted by molar-refractivity contribution is 6.16. The molecule has 78 valence electrons. The zero-order valence-corrected chi connectivity index (χ0v) is 8.94. The number of hydrogen-bond donors (Lipinski definition) is 1. The minimum atomic E-state index is 0.209. The van der Waals surface area contributed by atoms with E-state index in [1.54, 1.807) is 18.2 Å². The van der Waals surface area contributed by atoms with Crippen LogP contribution in [0, 0.1) is 6.92 Å². The quantitative estimate of drug-likeness (QED) is 0.793. The Kier molecular flexibility index (Phi) is 2.60. The van der Waals surface area contributed by atoms with Crippen LogP contribution in [-0.2, 0) is 5.88 Å². The lowest BCUT2D eigenvalue weighted by Gasteiger charge is -2.06. The van der Waals surface area contributed by atoms with E-state index >= 15 is 0 Å². The van der Waals surface area contributed by atoms with Crippen molar-refractivity contribution >= 4 is 11.6 Å². The summed E-state index contributed by atoms with van der Waals surface area (Å²) in [6.45, 7) is 1.84. The van der Waals surface area contributed by atoms with Crippen molar-refractivity contribution in [1.29, 1.82) is 0 Å². The lowest BCUT2D eigenvalue weighted by Crippen LogP contribution is -2.01. The second kappa shape index (κ2) is 3.90. The Morgan fingerprint density at radius 2 is 2.20 bits per heavy atom. The van der Waals surface area contributed by atoms with E-state index in [0.29, 0.717) is 5.82 Å². The summed E-state index contributed by atoms with van der Waals surface area (Å²) in [6, 6.07) is 6.89. The molecule has 0 radical (unpaired) electrons. The summed E-state index contributed by atoms with van der Waals surface area (Å²) < 4.78 is 1.81. The molecular weight excluding hydrogens is 214 g/mol. The number of alkyl halides is 1. The molecule has 5 heteroatoms. The minimum absolute atomic E-state index is 0.209. The molecule has 0 saturated heterocycles. The molecule has 4 nitrogen and oxygen atoms in total. The Hall–Kier alpha value is -1.55. The Labute approximate surface area is 92.1 Å². The van der Waals surface area contributed by atoms with Crippen LogP contribution in [0.2, 0.25) is 0 Å². The van der Waals surface area contributed by atoms with Crippen LogP contribution in [0.1, 0.15) is 11.6 Å². The average molecular weight is 224 g/mol. The molecule has 1 heterocycles. The van der Waals surface area contributed by atoms with Gasteiger partial charge in [0, 0.05) is 6.07 Å². The van der Waals surface area contributed by atoms with Crippen molar-refractivity contribution in [2.75, 3.05) is 0 Å². The number of hydrogen-bond acceptors (Lipinski definition) is 3. The largest absolute Gasteiger partial charge is 0.508 e. The van der Waals surface area contributed by atoms with Crippen LogP contribution in [0.3, 0.4) is 0 Å². The van der Waals surface area contributed by atoms with E-state index in [0.717, 1.165) is 11.5 Å². The van der Waals surface area contributed by atoms with Gasteiger partial charge in [-0.25, -0.2) is 0 Å². The molecule has 0 amide bonds. The summed E-state index contributed by atoms with van der Waals surface area (Å²) in [5.41, 5.74) is 0.813. The number of nitrogens with zero attached hydrogens (tertiary/aromatic N) is 3. The van der Waals surface area contributed by atoms with Crippen LogP contribution < -0.4 is 0 Å². The molecule has 0 fully saturated rings. The summed E-state index contributed by atoms with van der Waals surface area (Å²) >= 11 is 5.75. The van der Waals surface area contributed by atoms with E-state index in [-0.39, 0.29) is 11.6 Å². The SMILES string of the molecule is Cc1nnc(CCl)n1-c1cccc(O)c1. The maximum atomic E-state index is 9.38. The average Bonchev–Trinajstić information content (AvgIpc) is 2.59. The van der Waals surface area contributed by atoms with E-state index in [9.17, 15) is 5.11 Å². The van der Waals surface area contributed by atoms with Gasteiger partial charge < -0.3 is 5.11 Å². The molecule has 0 spiro atoms. The van der Waals surface area contributed by atoms with Gasteiger partial charge in [0.25, 0.3) is 0 Å². The first-order chi connectivity index (χ1) is 7.22. The predicted molar refractivity (Wildman–Crippen MR) is 57.3 cm³/mol. The second-order valence-corrected chi connectivity index (χ2v) is 3.42. The van der Waals surface area contributed by atoms with Crippen molar-refractivity contribution in [3.8, 4) is 11.4 Å². The van der Waals surface area contributed by atoms with Gasteiger partial charge in [-0.05, 0) is 19.1 Å². The number of phenolic OH excluding ortho intramolecular Hbond substituents is 1. The van der Waals surface area contributed by atoms with Gasteiger partial charge in [-0.1, -0.05) is 6.07 Å². The number of rotatable bonds is 2. The van der Waals surface area contributed by atoms with E-state index in [1.165, 1.54) is 0 Å². The van der Waals surface area contributed by atoms with Gasteiger partial charge in [-0.15, -0.1) is 21.8 Å². The molecule has 1 aromatic heterocycles. The Bertz CT molecular complexity index is 481. The van der Waals surface area contributed by atoms with Gasteiger partial charge in [-0.2, -0.15) is 0 Å². The summed E-state index contributed by atoms with van der Waals surface area (Å²) in [5, 5.41) is 17.3. The topological polar surface area (TPSA) is 50.9 Å². The van der Waals surface area contributed by atoms with Gasteiger partial charge in [0.05, 0.1) is 11.6 Å².